The van der Waals surface area contributed by atoms with E-state index >= 15 is 0 Å². The minimum Gasteiger partial charge on any atom is -0.391 e. The molecule has 2 unspecified atom stereocenters. The largest absolute Gasteiger partial charge is 0.391 e. The average molecular weight is 277 g/mol. The van der Waals surface area contributed by atoms with Crippen LogP contribution in [0.25, 0.3) is 0 Å². The molecule has 1 fully saturated rings. The standard InChI is InChI=1S/C14H23N5O/c1-3-18(4-2)14-10(9-15)13(16)19(17-14)11-7-5-6-8-12(11)20/h11-12,20H,3-8,16H2,1-2H3. The van der Waals surface area contributed by atoms with Gasteiger partial charge in [0.2, 0.25) is 0 Å². The molecule has 1 saturated carbocycles. The number of aliphatic hydroxyl groups is 1. The van der Waals surface area contributed by atoms with E-state index in [0.29, 0.717) is 17.2 Å². The van der Waals surface area contributed by atoms with Gasteiger partial charge in [0.05, 0.1) is 12.1 Å². The van der Waals surface area contributed by atoms with Crippen LogP contribution in [-0.4, -0.2) is 34.1 Å². The Hall–Kier alpha value is -1.74. The Balaban J connectivity index is 2.42. The molecular weight excluding hydrogens is 254 g/mol. The summed E-state index contributed by atoms with van der Waals surface area (Å²) < 4.78 is 1.66. The molecule has 2 rings (SSSR count). The fourth-order valence-electron chi connectivity index (χ4n) is 2.92. The third-order valence-corrected chi connectivity index (χ3v) is 4.11. The fourth-order valence-corrected chi connectivity index (χ4v) is 2.92. The molecule has 1 aromatic rings. The zero-order chi connectivity index (χ0) is 14.7. The van der Waals surface area contributed by atoms with Crippen molar-refractivity contribution in [3.63, 3.8) is 0 Å². The zero-order valence-electron chi connectivity index (χ0n) is 12.2. The molecule has 2 atom stereocenters. The van der Waals surface area contributed by atoms with Crippen molar-refractivity contribution >= 4 is 11.6 Å². The third kappa shape index (κ3) is 2.46. The van der Waals surface area contributed by atoms with E-state index in [1.54, 1.807) is 4.68 Å². The van der Waals surface area contributed by atoms with Crippen molar-refractivity contribution in [2.75, 3.05) is 23.7 Å². The lowest BCUT2D eigenvalue weighted by molar-refractivity contribution is 0.0706. The number of nitriles is 1. The van der Waals surface area contributed by atoms with E-state index in [4.69, 9.17) is 5.73 Å². The quantitative estimate of drug-likeness (QED) is 0.873. The summed E-state index contributed by atoms with van der Waals surface area (Å²) in [6.45, 7) is 5.59. The van der Waals surface area contributed by atoms with E-state index in [1.165, 1.54) is 0 Å². The van der Waals surface area contributed by atoms with E-state index in [0.717, 1.165) is 38.8 Å². The summed E-state index contributed by atoms with van der Waals surface area (Å²) in [5.74, 6) is 1.01. The van der Waals surface area contributed by atoms with Crippen LogP contribution < -0.4 is 10.6 Å². The van der Waals surface area contributed by atoms with Gasteiger partial charge in [-0.1, -0.05) is 12.8 Å². The maximum Gasteiger partial charge on any atom is 0.170 e. The normalized spacial score (nSPS) is 22.5. The van der Waals surface area contributed by atoms with Crippen LogP contribution in [-0.2, 0) is 0 Å². The molecule has 110 valence electrons. The molecule has 6 heteroatoms. The molecule has 0 aromatic carbocycles. The van der Waals surface area contributed by atoms with E-state index in [1.807, 2.05) is 18.7 Å². The van der Waals surface area contributed by atoms with E-state index in [9.17, 15) is 10.4 Å². The van der Waals surface area contributed by atoms with Crippen LogP contribution in [0.5, 0.6) is 0 Å². The van der Waals surface area contributed by atoms with Gasteiger partial charge in [0.15, 0.2) is 5.82 Å². The van der Waals surface area contributed by atoms with Crippen LogP contribution in [0, 0.1) is 11.3 Å². The predicted molar refractivity (Wildman–Crippen MR) is 78.4 cm³/mol. The molecule has 1 heterocycles. The van der Waals surface area contributed by atoms with Gasteiger partial charge in [0.25, 0.3) is 0 Å². The second-order valence-electron chi connectivity index (χ2n) is 5.23. The minimum absolute atomic E-state index is 0.111. The first kappa shape index (κ1) is 14.7. The second kappa shape index (κ2) is 6.14. The minimum atomic E-state index is -0.429. The maximum atomic E-state index is 10.2. The molecular formula is C14H23N5O. The summed E-state index contributed by atoms with van der Waals surface area (Å²) in [6.07, 6.45) is 3.29. The molecule has 1 aliphatic rings. The smallest absolute Gasteiger partial charge is 0.170 e. The highest BCUT2D eigenvalue weighted by atomic mass is 16.3. The van der Waals surface area contributed by atoms with Crippen LogP contribution >= 0.6 is 0 Å². The number of nitrogens with zero attached hydrogens (tertiary/aromatic N) is 4. The molecule has 0 saturated heterocycles. The highest BCUT2D eigenvalue weighted by Crippen LogP contribution is 2.34. The number of rotatable bonds is 4. The first-order chi connectivity index (χ1) is 9.63. The molecule has 1 aromatic heterocycles. The van der Waals surface area contributed by atoms with Gasteiger partial charge in [0, 0.05) is 13.1 Å². The van der Waals surface area contributed by atoms with Crippen molar-refractivity contribution in [3.8, 4) is 6.07 Å². The van der Waals surface area contributed by atoms with Crippen LogP contribution in [0.2, 0.25) is 0 Å². The maximum absolute atomic E-state index is 10.2. The molecule has 6 nitrogen and oxygen atoms in total. The molecule has 0 aliphatic heterocycles. The van der Waals surface area contributed by atoms with Crippen LogP contribution in [0.4, 0.5) is 11.6 Å². The Morgan fingerprint density at radius 2 is 2.05 bits per heavy atom. The molecule has 0 amide bonds. The number of aromatic nitrogens is 2. The SMILES string of the molecule is CCN(CC)c1nn(C2CCCCC2O)c(N)c1C#N. The van der Waals surface area contributed by atoms with Crippen molar-refractivity contribution in [2.45, 2.75) is 51.7 Å². The van der Waals surface area contributed by atoms with Gasteiger partial charge in [-0.15, -0.1) is 0 Å². The van der Waals surface area contributed by atoms with Gasteiger partial charge in [-0.3, -0.25) is 0 Å². The topological polar surface area (TPSA) is 91.1 Å². The van der Waals surface area contributed by atoms with Gasteiger partial charge >= 0.3 is 0 Å². The van der Waals surface area contributed by atoms with Gasteiger partial charge in [-0.25, -0.2) is 4.68 Å². The Bertz CT molecular complexity index is 500. The van der Waals surface area contributed by atoms with E-state index in [2.05, 4.69) is 11.2 Å². The van der Waals surface area contributed by atoms with Crippen LogP contribution in [0.15, 0.2) is 0 Å². The van der Waals surface area contributed by atoms with Crippen LogP contribution in [0.3, 0.4) is 0 Å². The van der Waals surface area contributed by atoms with Crippen LogP contribution in [0.1, 0.15) is 51.1 Å². The van der Waals surface area contributed by atoms with Crippen molar-refractivity contribution < 1.29 is 5.11 Å². The first-order valence-corrected chi connectivity index (χ1v) is 7.35. The number of hydrogen-bond donors (Lipinski definition) is 2. The van der Waals surface area contributed by atoms with Crippen molar-refractivity contribution in [2.24, 2.45) is 0 Å². The Morgan fingerprint density at radius 1 is 1.40 bits per heavy atom. The lowest BCUT2D eigenvalue weighted by Gasteiger charge is -2.28. The number of anilines is 2. The summed E-state index contributed by atoms with van der Waals surface area (Å²) in [7, 11) is 0. The molecule has 0 bridgehead atoms. The van der Waals surface area contributed by atoms with Crippen molar-refractivity contribution in [1.82, 2.24) is 9.78 Å². The lowest BCUT2D eigenvalue weighted by atomic mass is 9.93. The first-order valence-electron chi connectivity index (χ1n) is 7.35. The third-order valence-electron chi connectivity index (χ3n) is 4.11. The fraction of sp³-hybridized carbons (Fsp3) is 0.714. The number of aliphatic hydroxyl groups excluding tert-OH is 1. The van der Waals surface area contributed by atoms with E-state index in [-0.39, 0.29) is 6.04 Å². The Kier molecular flexibility index (Phi) is 4.50. The highest BCUT2D eigenvalue weighted by Gasteiger charge is 2.30. The molecule has 3 N–H and O–H groups in total. The van der Waals surface area contributed by atoms with E-state index < -0.39 is 6.10 Å². The predicted octanol–water partition coefficient (Wildman–Crippen LogP) is 1.66. The van der Waals surface area contributed by atoms with Crippen molar-refractivity contribution in [1.29, 1.82) is 5.26 Å². The molecule has 1 aliphatic carbocycles. The highest BCUT2D eigenvalue weighted by molar-refractivity contribution is 5.65. The summed E-state index contributed by atoms with van der Waals surface area (Å²) >= 11 is 0. The zero-order valence-corrected chi connectivity index (χ0v) is 12.2. The Morgan fingerprint density at radius 3 is 2.60 bits per heavy atom. The monoisotopic (exact) mass is 277 g/mol. The van der Waals surface area contributed by atoms with Crippen molar-refractivity contribution in [3.05, 3.63) is 5.56 Å². The molecule has 20 heavy (non-hydrogen) atoms. The summed E-state index contributed by atoms with van der Waals surface area (Å²) in [5, 5.41) is 24.0. The van der Waals surface area contributed by atoms with Gasteiger partial charge in [-0.2, -0.15) is 10.4 Å². The number of nitrogens with two attached hydrogens (primary N) is 1. The Labute approximate surface area is 119 Å². The average Bonchev–Trinajstić information content (AvgIpc) is 2.78. The molecule has 0 spiro atoms. The van der Waals surface area contributed by atoms with Gasteiger partial charge < -0.3 is 15.7 Å². The summed E-state index contributed by atoms with van der Waals surface area (Å²) in [5.41, 5.74) is 6.52. The molecule has 0 radical (unpaired) electrons. The van der Waals surface area contributed by atoms with Gasteiger partial charge in [0.1, 0.15) is 17.5 Å². The number of nitrogen functional groups attached to an aromatic ring is 1. The van der Waals surface area contributed by atoms with Gasteiger partial charge in [-0.05, 0) is 26.7 Å². The number of hydrogen-bond acceptors (Lipinski definition) is 5. The summed E-state index contributed by atoms with van der Waals surface area (Å²) in [4.78, 5) is 2.01. The lowest BCUT2D eigenvalue weighted by Crippen LogP contribution is -2.29. The summed E-state index contributed by atoms with van der Waals surface area (Å²) in [6, 6.07) is 2.04. The second-order valence-corrected chi connectivity index (χ2v) is 5.23.